The minimum atomic E-state index is -0.675. The van der Waals surface area contributed by atoms with Gasteiger partial charge in [-0.3, -0.25) is 0 Å². The van der Waals surface area contributed by atoms with Crippen LogP contribution in [0, 0.1) is 6.92 Å². The molecule has 1 fully saturated rings. The molecule has 0 aliphatic carbocycles. The van der Waals surface area contributed by atoms with Crippen molar-refractivity contribution in [2.45, 2.75) is 31.8 Å². The van der Waals surface area contributed by atoms with Crippen molar-refractivity contribution < 1.29 is 5.11 Å². The minimum absolute atomic E-state index is 0.675. The maximum absolute atomic E-state index is 11.2. The number of benzene rings is 3. The van der Waals surface area contributed by atoms with E-state index >= 15 is 0 Å². The second-order valence-electron chi connectivity index (χ2n) is 8.77. The van der Waals surface area contributed by atoms with Gasteiger partial charge in [-0.25, -0.2) is 9.97 Å². The first-order valence-corrected chi connectivity index (χ1v) is 11.8. The lowest BCUT2D eigenvalue weighted by Crippen LogP contribution is -2.46. The van der Waals surface area contributed by atoms with Gasteiger partial charge in [0.05, 0.1) is 11.1 Å². The Morgan fingerprint density at radius 3 is 2.38 bits per heavy atom. The summed E-state index contributed by atoms with van der Waals surface area (Å²) >= 11 is 3.50. The van der Waals surface area contributed by atoms with Crippen LogP contribution in [0.5, 0.6) is 0 Å². The normalized spacial score (nSPS) is 15.8. The third kappa shape index (κ3) is 4.41. The number of nitrogens with zero attached hydrogens (tertiary/aromatic N) is 3. The molecule has 0 saturated carbocycles. The van der Waals surface area contributed by atoms with Crippen LogP contribution in [0.15, 0.2) is 77.3 Å². The van der Waals surface area contributed by atoms with Crippen LogP contribution >= 0.6 is 15.9 Å². The second-order valence-corrected chi connectivity index (χ2v) is 9.69. The molecular formula is C27H26BrN3O. The Kier molecular flexibility index (Phi) is 5.70. The standard InChI is InChI=1S/C27H26BrN3O/c1-19-7-12-24-23(17-19)26(30-25(29-24)21-8-10-22(28)11-9-21)31-15-13-27(32,14-16-31)18-20-5-3-2-4-6-20/h2-12,17,32H,13-16,18H2,1H3. The van der Waals surface area contributed by atoms with E-state index in [1.54, 1.807) is 0 Å². The average molecular weight is 488 g/mol. The summed E-state index contributed by atoms with van der Waals surface area (Å²) in [5, 5.41) is 12.3. The molecule has 1 aromatic heterocycles. The van der Waals surface area contributed by atoms with Gasteiger partial charge >= 0.3 is 0 Å². The monoisotopic (exact) mass is 487 g/mol. The minimum Gasteiger partial charge on any atom is -0.389 e. The molecule has 32 heavy (non-hydrogen) atoms. The Balaban J connectivity index is 1.46. The van der Waals surface area contributed by atoms with Gasteiger partial charge in [-0.15, -0.1) is 0 Å². The van der Waals surface area contributed by atoms with Crippen LogP contribution in [0.4, 0.5) is 5.82 Å². The van der Waals surface area contributed by atoms with Crippen molar-refractivity contribution in [1.82, 2.24) is 9.97 Å². The van der Waals surface area contributed by atoms with Crippen LogP contribution in [0.2, 0.25) is 0 Å². The Morgan fingerprint density at radius 2 is 1.66 bits per heavy atom. The van der Waals surface area contributed by atoms with E-state index in [9.17, 15) is 5.11 Å². The van der Waals surface area contributed by atoms with E-state index in [1.807, 2.05) is 42.5 Å². The quantitative estimate of drug-likeness (QED) is 0.386. The number of aliphatic hydroxyl groups is 1. The molecular weight excluding hydrogens is 462 g/mol. The molecule has 1 N–H and O–H groups in total. The topological polar surface area (TPSA) is 49.2 Å². The maximum atomic E-state index is 11.2. The van der Waals surface area contributed by atoms with E-state index in [0.717, 1.165) is 45.7 Å². The second kappa shape index (κ2) is 8.64. The van der Waals surface area contributed by atoms with Crippen LogP contribution in [0.3, 0.4) is 0 Å². The zero-order valence-corrected chi connectivity index (χ0v) is 19.7. The summed E-state index contributed by atoms with van der Waals surface area (Å²) in [4.78, 5) is 12.2. The number of halogens is 1. The first-order valence-electron chi connectivity index (χ1n) is 11.0. The van der Waals surface area contributed by atoms with E-state index in [2.05, 4.69) is 58.1 Å². The summed E-state index contributed by atoms with van der Waals surface area (Å²) in [7, 11) is 0. The lowest BCUT2D eigenvalue weighted by molar-refractivity contribution is 0.0165. The molecule has 1 aliphatic heterocycles. The third-order valence-corrected chi connectivity index (χ3v) is 6.83. The Hall–Kier alpha value is -2.76. The number of hydrogen-bond donors (Lipinski definition) is 1. The molecule has 5 rings (SSSR count). The SMILES string of the molecule is Cc1ccc2nc(-c3ccc(Br)cc3)nc(N3CCC(O)(Cc4ccccc4)CC3)c2c1. The van der Waals surface area contributed by atoms with Crippen molar-refractivity contribution in [3.63, 3.8) is 0 Å². The molecule has 0 unspecified atom stereocenters. The van der Waals surface area contributed by atoms with Crippen LogP contribution in [0.25, 0.3) is 22.3 Å². The molecule has 3 aromatic carbocycles. The van der Waals surface area contributed by atoms with E-state index in [4.69, 9.17) is 9.97 Å². The molecule has 0 spiro atoms. The van der Waals surface area contributed by atoms with Crippen molar-refractivity contribution in [3.8, 4) is 11.4 Å². The van der Waals surface area contributed by atoms with E-state index in [0.29, 0.717) is 19.3 Å². The number of anilines is 1. The van der Waals surface area contributed by atoms with E-state index in [-0.39, 0.29) is 0 Å². The number of aromatic nitrogens is 2. The van der Waals surface area contributed by atoms with E-state index in [1.165, 1.54) is 11.1 Å². The zero-order valence-electron chi connectivity index (χ0n) is 18.1. The number of hydrogen-bond acceptors (Lipinski definition) is 4. The predicted molar refractivity (Wildman–Crippen MR) is 134 cm³/mol. The zero-order chi connectivity index (χ0) is 22.1. The fourth-order valence-electron chi connectivity index (χ4n) is 4.48. The molecule has 0 amide bonds. The molecule has 0 radical (unpaired) electrons. The first-order chi connectivity index (χ1) is 15.5. The number of aryl methyl sites for hydroxylation is 1. The summed E-state index contributed by atoms with van der Waals surface area (Å²) in [6.07, 6.45) is 2.12. The summed E-state index contributed by atoms with van der Waals surface area (Å²) in [5.74, 6) is 1.69. The highest BCUT2D eigenvalue weighted by molar-refractivity contribution is 9.10. The van der Waals surface area contributed by atoms with Crippen molar-refractivity contribution in [2.75, 3.05) is 18.0 Å². The fourth-order valence-corrected chi connectivity index (χ4v) is 4.75. The summed E-state index contributed by atoms with van der Waals surface area (Å²) in [6, 6.07) is 24.7. The van der Waals surface area contributed by atoms with Crippen molar-refractivity contribution in [3.05, 3.63) is 88.4 Å². The van der Waals surface area contributed by atoms with Crippen molar-refractivity contribution in [2.24, 2.45) is 0 Å². The van der Waals surface area contributed by atoms with Crippen LogP contribution in [-0.2, 0) is 6.42 Å². The maximum Gasteiger partial charge on any atom is 0.162 e. The van der Waals surface area contributed by atoms with Gasteiger partial charge in [-0.05, 0) is 49.6 Å². The molecule has 4 nitrogen and oxygen atoms in total. The Bertz CT molecular complexity index is 1230. The number of piperidine rings is 1. The molecule has 5 heteroatoms. The Labute approximate surface area is 197 Å². The van der Waals surface area contributed by atoms with Crippen LogP contribution in [-0.4, -0.2) is 33.8 Å². The molecule has 0 bridgehead atoms. The number of rotatable bonds is 4. The smallest absolute Gasteiger partial charge is 0.162 e. The first kappa shape index (κ1) is 21.1. The lowest BCUT2D eigenvalue weighted by Gasteiger charge is -2.39. The van der Waals surface area contributed by atoms with Gasteiger partial charge in [0.15, 0.2) is 5.82 Å². The van der Waals surface area contributed by atoms with Crippen molar-refractivity contribution in [1.29, 1.82) is 0 Å². The molecule has 1 saturated heterocycles. The third-order valence-electron chi connectivity index (χ3n) is 6.30. The largest absolute Gasteiger partial charge is 0.389 e. The summed E-state index contributed by atoms with van der Waals surface area (Å²) in [6.45, 7) is 3.63. The highest BCUT2D eigenvalue weighted by Crippen LogP contribution is 2.33. The van der Waals surface area contributed by atoms with Crippen LogP contribution < -0.4 is 4.90 Å². The molecule has 4 aromatic rings. The highest BCUT2D eigenvalue weighted by Gasteiger charge is 2.33. The van der Waals surface area contributed by atoms with Gasteiger partial charge in [-0.2, -0.15) is 0 Å². The van der Waals surface area contributed by atoms with Gasteiger partial charge in [-0.1, -0.05) is 70.0 Å². The lowest BCUT2D eigenvalue weighted by atomic mass is 9.85. The van der Waals surface area contributed by atoms with Crippen LogP contribution in [0.1, 0.15) is 24.0 Å². The van der Waals surface area contributed by atoms with Gasteiger partial charge in [0.2, 0.25) is 0 Å². The summed E-state index contributed by atoms with van der Waals surface area (Å²) < 4.78 is 1.03. The molecule has 162 valence electrons. The fraction of sp³-hybridized carbons (Fsp3) is 0.259. The van der Waals surface area contributed by atoms with Gasteiger partial charge < -0.3 is 10.0 Å². The molecule has 0 atom stereocenters. The van der Waals surface area contributed by atoms with Gasteiger partial charge in [0.1, 0.15) is 5.82 Å². The molecule has 2 heterocycles. The van der Waals surface area contributed by atoms with Crippen molar-refractivity contribution >= 4 is 32.7 Å². The van der Waals surface area contributed by atoms with Gasteiger partial charge in [0, 0.05) is 34.9 Å². The summed E-state index contributed by atoms with van der Waals surface area (Å²) in [5.41, 5.74) is 3.64. The molecule has 1 aliphatic rings. The Morgan fingerprint density at radius 1 is 0.938 bits per heavy atom. The van der Waals surface area contributed by atoms with E-state index < -0.39 is 5.60 Å². The number of fused-ring (bicyclic) bond motifs is 1. The van der Waals surface area contributed by atoms with Gasteiger partial charge in [0.25, 0.3) is 0 Å². The average Bonchev–Trinajstić information content (AvgIpc) is 2.80. The highest BCUT2D eigenvalue weighted by atomic mass is 79.9. The predicted octanol–water partition coefficient (Wildman–Crippen LogP) is 5.94.